The number of carbonyl (C=O) groups is 1. The van der Waals surface area contributed by atoms with Crippen molar-refractivity contribution in [2.75, 3.05) is 0 Å². The Hall–Kier alpha value is -1.06. The van der Waals surface area contributed by atoms with E-state index < -0.39 is 0 Å². The lowest BCUT2D eigenvalue weighted by molar-refractivity contribution is 0.0963. The van der Waals surface area contributed by atoms with Gasteiger partial charge in [-0.05, 0) is 29.8 Å². The molecular formula is C15H11BrOS. The van der Waals surface area contributed by atoms with Gasteiger partial charge >= 0.3 is 0 Å². The van der Waals surface area contributed by atoms with E-state index in [1.54, 1.807) is 11.8 Å². The maximum absolute atomic E-state index is 12.5. The molecule has 3 heteroatoms. The summed E-state index contributed by atoms with van der Waals surface area (Å²) < 4.78 is 0.952. The Morgan fingerprint density at radius 3 is 2.72 bits per heavy atom. The lowest BCUT2D eigenvalue weighted by Crippen LogP contribution is -2.09. The minimum atomic E-state index is -0.0794. The molecule has 1 heterocycles. The van der Waals surface area contributed by atoms with Crippen molar-refractivity contribution in [2.24, 2.45) is 0 Å². The summed E-state index contributed by atoms with van der Waals surface area (Å²) in [4.78, 5) is 14.7. The maximum atomic E-state index is 12.5. The van der Waals surface area contributed by atoms with E-state index in [9.17, 15) is 4.79 Å². The van der Waals surface area contributed by atoms with Gasteiger partial charge in [0.2, 0.25) is 0 Å². The number of hydrogen-bond acceptors (Lipinski definition) is 2. The zero-order valence-corrected chi connectivity index (χ0v) is 12.2. The van der Waals surface area contributed by atoms with Crippen molar-refractivity contribution in [3.63, 3.8) is 0 Å². The Labute approximate surface area is 119 Å². The van der Waals surface area contributed by atoms with Crippen LogP contribution in [0.3, 0.4) is 0 Å². The first-order valence-electron chi connectivity index (χ1n) is 5.77. The van der Waals surface area contributed by atoms with E-state index >= 15 is 0 Å². The minimum Gasteiger partial charge on any atom is -0.293 e. The molecule has 0 spiro atoms. The van der Waals surface area contributed by atoms with E-state index in [-0.39, 0.29) is 11.7 Å². The van der Waals surface area contributed by atoms with Crippen molar-refractivity contribution >= 4 is 33.5 Å². The SMILES string of the molecule is CC1C(=O)c2cc(Br)ccc2Sc2ccccc21. The number of ketones is 1. The first-order valence-corrected chi connectivity index (χ1v) is 7.38. The normalized spacial score (nSPS) is 17.9. The highest BCUT2D eigenvalue weighted by molar-refractivity contribution is 9.10. The lowest BCUT2D eigenvalue weighted by Gasteiger charge is -2.10. The average molecular weight is 319 g/mol. The van der Waals surface area contributed by atoms with Crippen LogP contribution in [0.4, 0.5) is 0 Å². The van der Waals surface area contributed by atoms with E-state index in [4.69, 9.17) is 0 Å². The highest BCUT2D eigenvalue weighted by atomic mass is 79.9. The Balaban J connectivity index is 2.23. The Bertz CT molecular complexity index is 636. The molecule has 1 unspecified atom stereocenters. The van der Waals surface area contributed by atoms with Gasteiger partial charge in [-0.15, -0.1) is 0 Å². The maximum Gasteiger partial charge on any atom is 0.171 e. The first kappa shape index (κ1) is 12.0. The average Bonchev–Trinajstić information content (AvgIpc) is 2.48. The summed E-state index contributed by atoms with van der Waals surface area (Å²) in [6, 6.07) is 14.1. The standard InChI is InChI=1S/C15H11BrOS/c1-9-11-4-2-3-5-13(11)18-14-7-6-10(16)8-12(14)15(9)17/h2-9H,1H3. The zero-order valence-electron chi connectivity index (χ0n) is 9.81. The van der Waals surface area contributed by atoms with Gasteiger partial charge in [-0.25, -0.2) is 0 Å². The smallest absolute Gasteiger partial charge is 0.171 e. The number of benzene rings is 2. The Morgan fingerprint density at radius 2 is 1.89 bits per heavy atom. The van der Waals surface area contributed by atoms with Crippen LogP contribution in [0.25, 0.3) is 0 Å². The Kier molecular flexibility index (Phi) is 3.04. The molecule has 3 rings (SSSR count). The molecule has 1 aliphatic rings. The van der Waals surface area contributed by atoms with Gasteiger partial charge in [0.25, 0.3) is 0 Å². The molecule has 0 fully saturated rings. The van der Waals surface area contributed by atoms with E-state index in [0.717, 1.165) is 20.5 Å². The van der Waals surface area contributed by atoms with Crippen molar-refractivity contribution in [3.05, 3.63) is 58.1 Å². The van der Waals surface area contributed by atoms with Gasteiger partial charge in [0.15, 0.2) is 5.78 Å². The largest absolute Gasteiger partial charge is 0.293 e. The van der Waals surface area contributed by atoms with E-state index in [1.165, 1.54) is 4.90 Å². The van der Waals surface area contributed by atoms with E-state index in [1.807, 2.05) is 43.3 Å². The molecule has 0 aromatic heterocycles. The molecule has 1 nitrogen and oxygen atoms in total. The molecular weight excluding hydrogens is 308 g/mol. The molecule has 90 valence electrons. The predicted octanol–water partition coefficient (Wildman–Crippen LogP) is 4.90. The van der Waals surface area contributed by atoms with E-state index in [0.29, 0.717) is 0 Å². The van der Waals surface area contributed by atoms with E-state index in [2.05, 4.69) is 22.0 Å². The molecule has 2 aromatic carbocycles. The van der Waals surface area contributed by atoms with Crippen molar-refractivity contribution in [2.45, 2.75) is 22.6 Å². The van der Waals surface area contributed by atoms with Crippen molar-refractivity contribution < 1.29 is 4.79 Å². The van der Waals surface area contributed by atoms with Gasteiger partial charge in [0.1, 0.15) is 0 Å². The predicted molar refractivity (Wildman–Crippen MR) is 77.5 cm³/mol. The van der Waals surface area contributed by atoms with Crippen LogP contribution in [0.2, 0.25) is 0 Å². The summed E-state index contributed by atoms with van der Waals surface area (Å²) in [6.45, 7) is 1.98. The number of Topliss-reactive ketones (excluding diaryl/α,β-unsaturated/α-hetero) is 1. The van der Waals surface area contributed by atoms with Crippen LogP contribution in [-0.2, 0) is 0 Å². The van der Waals surface area contributed by atoms with Gasteiger partial charge in [0.05, 0.1) is 0 Å². The fourth-order valence-electron chi connectivity index (χ4n) is 2.21. The second-order valence-corrected chi connectivity index (χ2v) is 6.37. The summed E-state index contributed by atoms with van der Waals surface area (Å²) in [5.74, 6) is 0.119. The second-order valence-electron chi connectivity index (χ2n) is 4.37. The van der Waals surface area contributed by atoms with Crippen LogP contribution in [0.5, 0.6) is 0 Å². The van der Waals surface area contributed by atoms with Crippen LogP contribution < -0.4 is 0 Å². The number of hydrogen-bond donors (Lipinski definition) is 0. The molecule has 0 radical (unpaired) electrons. The summed E-state index contributed by atoms with van der Waals surface area (Å²) in [5.41, 5.74) is 1.94. The van der Waals surface area contributed by atoms with Gasteiger partial charge in [-0.1, -0.05) is 52.8 Å². The number of carbonyl (C=O) groups excluding carboxylic acids is 1. The third kappa shape index (κ3) is 1.91. The van der Waals surface area contributed by atoms with Crippen molar-refractivity contribution in [1.29, 1.82) is 0 Å². The molecule has 1 atom stereocenters. The van der Waals surface area contributed by atoms with Gasteiger partial charge < -0.3 is 0 Å². The minimum absolute atomic E-state index is 0.0794. The van der Waals surface area contributed by atoms with Crippen LogP contribution in [0.15, 0.2) is 56.7 Å². The third-order valence-corrected chi connectivity index (χ3v) is 4.87. The summed E-state index contributed by atoms with van der Waals surface area (Å²) in [6.07, 6.45) is 0. The monoisotopic (exact) mass is 318 g/mol. The second kappa shape index (κ2) is 4.56. The van der Waals surface area contributed by atoms with Crippen LogP contribution in [0.1, 0.15) is 28.8 Å². The van der Waals surface area contributed by atoms with Gasteiger partial charge in [-0.3, -0.25) is 4.79 Å². The van der Waals surface area contributed by atoms with Crippen molar-refractivity contribution in [3.8, 4) is 0 Å². The number of halogens is 1. The summed E-state index contributed by atoms with van der Waals surface area (Å²) >= 11 is 5.11. The number of fused-ring (bicyclic) bond motifs is 2. The molecule has 2 aromatic rings. The first-order chi connectivity index (χ1) is 8.66. The zero-order chi connectivity index (χ0) is 12.7. The molecule has 0 bridgehead atoms. The molecule has 1 aliphatic heterocycles. The quantitative estimate of drug-likeness (QED) is 0.687. The molecule has 0 saturated carbocycles. The summed E-state index contributed by atoms with van der Waals surface area (Å²) in [5, 5.41) is 0. The molecule has 0 saturated heterocycles. The fourth-order valence-corrected chi connectivity index (χ4v) is 3.72. The fraction of sp³-hybridized carbons (Fsp3) is 0.133. The highest BCUT2D eigenvalue weighted by Gasteiger charge is 2.26. The van der Waals surface area contributed by atoms with Gasteiger partial charge in [0, 0.05) is 25.7 Å². The summed E-state index contributed by atoms with van der Waals surface area (Å²) in [7, 11) is 0. The third-order valence-electron chi connectivity index (χ3n) is 3.21. The van der Waals surface area contributed by atoms with Crippen LogP contribution >= 0.6 is 27.7 Å². The van der Waals surface area contributed by atoms with Gasteiger partial charge in [-0.2, -0.15) is 0 Å². The van der Waals surface area contributed by atoms with Crippen molar-refractivity contribution in [1.82, 2.24) is 0 Å². The lowest BCUT2D eigenvalue weighted by atomic mass is 9.92. The van der Waals surface area contributed by atoms with Crippen LogP contribution in [0, 0.1) is 0 Å². The molecule has 18 heavy (non-hydrogen) atoms. The molecule has 0 N–H and O–H groups in total. The highest BCUT2D eigenvalue weighted by Crippen LogP contribution is 2.41. The molecule has 0 amide bonds. The van der Waals surface area contributed by atoms with Crippen LogP contribution in [-0.4, -0.2) is 5.78 Å². The topological polar surface area (TPSA) is 17.1 Å². The molecule has 0 aliphatic carbocycles. The Morgan fingerprint density at radius 1 is 1.11 bits per heavy atom. The number of rotatable bonds is 0.